The lowest BCUT2D eigenvalue weighted by atomic mass is 10.1. The molecule has 1 aliphatic rings. The second kappa shape index (κ2) is 10.9. The molecule has 3 rings (SSSR count). The highest BCUT2D eigenvalue weighted by atomic mass is 16.5. The minimum Gasteiger partial charge on any atom is -0.481 e. The highest BCUT2D eigenvalue weighted by Gasteiger charge is 2.30. The number of carbonyl (C=O) groups is 1. The first kappa shape index (κ1) is 23.5. The second-order valence-corrected chi connectivity index (χ2v) is 8.17. The molecule has 32 heavy (non-hydrogen) atoms. The molecular formula is C24H33N5O3. The summed E-state index contributed by atoms with van der Waals surface area (Å²) < 4.78 is 5.22. The van der Waals surface area contributed by atoms with E-state index in [1.165, 1.54) is 0 Å². The van der Waals surface area contributed by atoms with Crippen LogP contribution in [-0.4, -0.2) is 66.1 Å². The van der Waals surface area contributed by atoms with Gasteiger partial charge in [0.1, 0.15) is 5.69 Å². The van der Waals surface area contributed by atoms with Gasteiger partial charge in [-0.1, -0.05) is 19.9 Å². The van der Waals surface area contributed by atoms with E-state index in [1.54, 1.807) is 25.6 Å². The van der Waals surface area contributed by atoms with E-state index < -0.39 is 0 Å². The van der Waals surface area contributed by atoms with Gasteiger partial charge in [-0.3, -0.25) is 9.59 Å². The number of anilines is 1. The topological polar surface area (TPSA) is 90.6 Å². The molecule has 2 aromatic rings. The summed E-state index contributed by atoms with van der Waals surface area (Å²) in [6.45, 7) is 8.80. The smallest absolute Gasteiger partial charge is 0.271 e. The number of carbonyl (C=O) groups excluding carboxylic acids is 1. The molecule has 3 heterocycles. The van der Waals surface area contributed by atoms with Gasteiger partial charge in [-0.05, 0) is 31.0 Å². The van der Waals surface area contributed by atoms with E-state index in [-0.39, 0.29) is 17.5 Å². The van der Waals surface area contributed by atoms with Crippen LogP contribution in [0.1, 0.15) is 27.2 Å². The number of amides is 1. The van der Waals surface area contributed by atoms with E-state index in [0.29, 0.717) is 43.8 Å². The fourth-order valence-electron chi connectivity index (χ4n) is 3.94. The summed E-state index contributed by atoms with van der Waals surface area (Å²) in [4.78, 5) is 36.2. The molecule has 0 spiro atoms. The Morgan fingerprint density at radius 3 is 2.94 bits per heavy atom. The van der Waals surface area contributed by atoms with Gasteiger partial charge in [-0.15, -0.1) is 0 Å². The van der Waals surface area contributed by atoms with E-state index in [4.69, 9.17) is 4.74 Å². The number of pyridine rings is 2. The Morgan fingerprint density at radius 2 is 2.22 bits per heavy atom. The third-order valence-corrected chi connectivity index (χ3v) is 5.63. The lowest BCUT2D eigenvalue weighted by Crippen LogP contribution is -2.41. The van der Waals surface area contributed by atoms with Crippen molar-refractivity contribution in [3.63, 3.8) is 0 Å². The predicted molar refractivity (Wildman–Crippen MR) is 127 cm³/mol. The SMILES string of the molecule is CCN(c1cc(-c2ccnc(OC)c2)c[nH]c1=O)[C@H]1CCN(C(=O)/C=C/CNC(C)C)C1. The van der Waals surface area contributed by atoms with Gasteiger partial charge in [0.2, 0.25) is 11.8 Å². The average Bonchev–Trinajstić information content (AvgIpc) is 3.28. The third-order valence-electron chi connectivity index (χ3n) is 5.63. The number of methoxy groups -OCH3 is 1. The zero-order valence-corrected chi connectivity index (χ0v) is 19.3. The molecular weight excluding hydrogens is 406 g/mol. The van der Waals surface area contributed by atoms with E-state index in [0.717, 1.165) is 17.5 Å². The molecule has 0 radical (unpaired) electrons. The number of ether oxygens (including phenoxy) is 1. The van der Waals surface area contributed by atoms with Gasteiger partial charge in [-0.2, -0.15) is 0 Å². The zero-order chi connectivity index (χ0) is 23.1. The van der Waals surface area contributed by atoms with Crippen molar-refractivity contribution in [1.29, 1.82) is 0 Å². The van der Waals surface area contributed by atoms with Crippen molar-refractivity contribution in [3.8, 4) is 17.0 Å². The molecule has 1 atom stereocenters. The van der Waals surface area contributed by atoms with Crippen LogP contribution in [0.2, 0.25) is 0 Å². The van der Waals surface area contributed by atoms with Gasteiger partial charge < -0.3 is 24.8 Å². The Morgan fingerprint density at radius 1 is 1.41 bits per heavy atom. The molecule has 2 N–H and O–H groups in total. The van der Waals surface area contributed by atoms with Crippen molar-refractivity contribution in [2.45, 2.75) is 39.3 Å². The number of aromatic amines is 1. The molecule has 0 aliphatic carbocycles. The average molecular weight is 440 g/mol. The molecule has 1 amide bonds. The number of rotatable bonds is 9. The summed E-state index contributed by atoms with van der Waals surface area (Å²) in [6, 6.07) is 6.09. The highest BCUT2D eigenvalue weighted by Crippen LogP contribution is 2.26. The predicted octanol–water partition coefficient (Wildman–Crippen LogP) is 2.43. The molecule has 8 heteroatoms. The first-order valence-corrected chi connectivity index (χ1v) is 11.1. The summed E-state index contributed by atoms with van der Waals surface area (Å²) in [5.74, 6) is 0.532. The van der Waals surface area contributed by atoms with Crippen molar-refractivity contribution >= 4 is 11.6 Å². The molecule has 172 valence electrons. The Balaban J connectivity index is 1.74. The fourth-order valence-corrected chi connectivity index (χ4v) is 3.94. The van der Waals surface area contributed by atoms with Crippen LogP contribution in [0.4, 0.5) is 5.69 Å². The van der Waals surface area contributed by atoms with Crippen molar-refractivity contribution in [3.05, 3.63) is 53.1 Å². The quantitative estimate of drug-likeness (QED) is 0.583. The van der Waals surface area contributed by atoms with Gasteiger partial charge in [0, 0.05) is 68.4 Å². The first-order chi connectivity index (χ1) is 15.4. The molecule has 1 aliphatic heterocycles. The largest absolute Gasteiger partial charge is 0.481 e. The molecule has 0 unspecified atom stereocenters. The standard InChI is InChI=1S/C24H33N5O3/c1-5-29(20-9-12-28(16-20)23(30)7-6-10-25-17(2)3)21-13-19(15-27-24(21)31)18-8-11-26-22(14-18)32-4/h6-8,11,13-15,17,20,25H,5,9-10,12,16H2,1-4H3,(H,27,31)/b7-6+/t20-/m0/s1. The molecule has 0 bridgehead atoms. The molecule has 8 nitrogen and oxygen atoms in total. The molecule has 0 saturated carbocycles. The number of H-pyrrole nitrogens is 1. The van der Waals surface area contributed by atoms with Crippen LogP contribution >= 0.6 is 0 Å². The molecule has 1 saturated heterocycles. The van der Waals surface area contributed by atoms with Crippen molar-refractivity contribution < 1.29 is 9.53 Å². The minimum atomic E-state index is -0.138. The summed E-state index contributed by atoms with van der Waals surface area (Å²) in [7, 11) is 1.58. The number of likely N-dealkylation sites (tertiary alicyclic amines) is 1. The maximum atomic E-state index is 12.7. The van der Waals surface area contributed by atoms with Gasteiger partial charge in [0.15, 0.2) is 0 Å². The summed E-state index contributed by atoms with van der Waals surface area (Å²) in [5.41, 5.74) is 2.26. The summed E-state index contributed by atoms with van der Waals surface area (Å²) in [5, 5.41) is 3.27. The van der Waals surface area contributed by atoms with Crippen molar-refractivity contribution in [1.82, 2.24) is 20.2 Å². The Kier molecular flexibility index (Phi) is 8.05. The Hall–Kier alpha value is -3.13. The second-order valence-electron chi connectivity index (χ2n) is 8.17. The maximum absolute atomic E-state index is 12.7. The van der Waals surface area contributed by atoms with E-state index in [9.17, 15) is 9.59 Å². The first-order valence-electron chi connectivity index (χ1n) is 11.1. The van der Waals surface area contributed by atoms with E-state index >= 15 is 0 Å². The summed E-state index contributed by atoms with van der Waals surface area (Å²) in [6.07, 6.45) is 7.71. The summed E-state index contributed by atoms with van der Waals surface area (Å²) >= 11 is 0. The number of hydrogen-bond acceptors (Lipinski definition) is 6. The lowest BCUT2D eigenvalue weighted by molar-refractivity contribution is -0.125. The zero-order valence-electron chi connectivity index (χ0n) is 19.3. The van der Waals surface area contributed by atoms with Crippen LogP contribution in [-0.2, 0) is 4.79 Å². The van der Waals surface area contributed by atoms with Gasteiger partial charge in [-0.25, -0.2) is 4.98 Å². The van der Waals surface area contributed by atoms with Crippen LogP contribution in [0.25, 0.3) is 11.1 Å². The number of aromatic nitrogens is 2. The number of nitrogens with zero attached hydrogens (tertiary/aromatic N) is 3. The minimum absolute atomic E-state index is 0.0145. The highest BCUT2D eigenvalue weighted by molar-refractivity contribution is 5.88. The van der Waals surface area contributed by atoms with Crippen LogP contribution in [0, 0.1) is 0 Å². The van der Waals surface area contributed by atoms with Crippen molar-refractivity contribution in [2.24, 2.45) is 0 Å². The number of hydrogen-bond donors (Lipinski definition) is 2. The lowest BCUT2D eigenvalue weighted by Gasteiger charge is -2.29. The Bertz CT molecular complexity index is 1000. The van der Waals surface area contributed by atoms with Crippen LogP contribution in [0.5, 0.6) is 5.88 Å². The van der Waals surface area contributed by atoms with Gasteiger partial charge in [0.25, 0.3) is 5.56 Å². The number of nitrogens with one attached hydrogen (secondary N) is 2. The van der Waals surface area contributed by atoms with Gasteiger partial charge in [0.05, 0.1) is 7.11 Å². The van der Waals surface area contributed by atoms with Crippen molar-refractivity contribution in [2.75, 3.05) is 38.2 Å². The molecule has 2 aromatic heterocycles. The van der Waals surface area contributed by atoms with Crippen LogP contribution in [0.3, 0.4) is 0 Å². The van der Waals surface area contributed by atoms with Gasteiger partial charge >= 0.3 is 0 Å². The van der Waals surface area contributed by atoms with E-state index in [1.807, 2.05) is 36.1 Å². The van der Waals surface area contributed by atoms with Crippen LogP contribution < -0.4 is 20.5 Å². The third kappa shape index (κ3) is 5.76. The molecule has 1 fully saturated rings. The maximum Gasteiger partial charge on any atom is 0.271 e. The van der Waals surface area contributed by atoms with E-state index in [2.05, 4.69) is 34.0 Å². The monoisotopic (exact) mass is 439 g/mol. The fraction of sp³-hybridized carbons (Fsp3) is 0.458. The Labute approximate surface area is 189 Å². The van der Waals surface area contributed by atoms with Crippen LogP contribution in [0.15, 0.2) is 47.5 Å². The number of likely N-dealkylation sites (N-methyl/N-ethyl adjacent to an activating group) is 1. The normalized spacial score (nSPS) is 16.2. The molecule has 0 aromatic carbocycles.